The molecule has 0 radical (unpaired) electrons. The quantitative estimate of drug-likeness (QED) is 0.803. The van der Waals surface area contributed by atoms with Gasteiger partial charge in [0, 0.05) is 18.0 Å². The Kier molecular flexibility index (Phi) is 4.58. The molecule has 8 heteroatoms. The van der Waals surface area contributed by atoms with Crippen LogP contribution >= 0.6 is 15.9 Å². The average molecular weight is 375 g/mol. The van der Waals surface area contributed by atoms with Crippen LogP contribution in [0.5, 0.6) is 11.5 Å². The minimum Gasteiger partial charge on any atom is -0.493 e. The molecule has 0 spiro atoms. The SMILES string of the molecule is CCOc1c(Br)cc(-c2nccn2S(C)(=O)=O)cc1OC. The van der Waals surface area contributed by atoms with Crippen molar-refractivity contribution < 1.29 is 17.9 Å². The number of halogens is 1. The van der Waals surface area contributed by atoms with E-state index in [1.165, 1.54) is 19.5 Å². The fourth-order valence-corrected chi connectivity index (χ4v) is 3.19. The maximum absolute atomic E-state index is 11.8. The minimum absolute atomic E-state index is 0.319. The highest BCUT2D eigenvalue weighted by molar-refractivity contribution is 9.10. The Hall–Kier alpha value is -1.54. The van der Waals surface area contributed by atoms with Gasteiger partial charge in [-0.05, 0) is 35.0 Å². The third-order valence-electron chi connectivity index (χ3n) is 2.74. The van der Waals surface area contributed by atoms with Crippen LogP contribution in [0.25, 0.3) is 11.4 Å². The van der Waals surface area contributed by atoms with Crippen molar-refractivity contribution in [3.8, 4) is 22.9 Å². The van der Waals surface area contributed by atoms with E-state index >= 15 is 0 Å². The van der Waals surface area contributed by atoms with Crippen molar-refractivity contribution in [2.24, 2.45) is 0 Å². The van der Waals surface area contributed by atoms with E-state index in [4.69, 9.17) is 9.47 Å². The fraction of sp³-hybridized carbons (Fsp3) is 0.308. The van der Waals surface area contributed by atoms with Gasteiger partial charge in [-0.1, -0.05) is 0 Å². The van der Waals surface area contributed by atoms with Crippen molar-refractivity contribution in [1.29, 1.82) is 0 Å². The molecule has 1 aromatic heterocycles. The van der Waals surface area contributed by atoms with Gasteiger partial charge in [0.15, 0.2) is 17.3 Å². The molecule has 0 saturated heterocycles. The summed E-state index contributed by atoms with van der Waals surface area (Å²) in [5, 5.41) is 0. The van der Waals surface area contributed by atoms with Crippen molar-refractivity contribution >= 4 is 26.0 Å². The molecule has 2 aromatic rings. The van der Waals surface area contributed by atoms with Crippen molar-refractivity contribution in [1.82, 2.24) is 8.96 Å². The molecule has 0 bridgehead atoms. The Morgan fingerprint density at radius 3 is 2.67 bits per heavy atom. The number of hydrogen-bond acceptors (Lipinski definition) is 5. The van der Waals surface area contributed by atoms with Gasteiger partial charge in [-0.3, -0.25) is 0 Å². The average Bonchev–Trinajstić information content (AvgIpc) is 2.90. The molecule has 2 rings (SSSR count). The van der Waals surface area contributed by atoms with Gasteiger partial charge >= 0.3 is 0 Å². The number of methoxy groups -OCH3 is 1. The Morgan fingerprint density at radius 1 is 1.38 bits per heavy atom. The second-order valence-corrected chi connectivity index (χ2v) is 6.95. The largest absolute Gasteiger partial charge is 0.493 e. The monoisotopic (exact) mass is 374 g/mol. The lowest BCUT2D eigenvalue weighted by Gasteiger charge is -2.13. The Balaban J connectivity index is 2.62. The lowest BCUT2D eigenvalue weighted by molar-refractivity contribution is 0.309. The molecule has 0 aliphatic heterocycles. The van der Waals surface area contributed by atoms with Crippen LogP contribution in [0.4, 0.5) is 0 Å². The Labute approximate surface area is 131 Å². The molecule has 114 valence electrons. The van der Waals surface area contributed by atoms with Crippen LogP contribution in [0.1, 0.15) is 6.92 Å². The lowest BCUT2D eigenvalue weighted by Crippen LogP contribution is -2.10. The Morgan fingerprint density at radius 2 is 2.10 bits per heavy atom. The highest BCUT2D eigenvalue weighted by Crippen LogP contribution is 2.39. The predicted octanol–water partition coefficient (Wildman–Crippen LogP) is 2.53. The molecule has 0 fully saturated rings. The molecular weight excluding hydrogens is 360 g/mol. The van der Waals surface area contributed by atoms with Gasteiger partial charge in [0.1, 0.15) is 0 Å². The first-order valence-electron chi connectivity index (χ1n) is 6.13. The number of benzene rings is 1. The summed E-state index contributed by atoms with van der Waals surface area (Å²) in [6.45, 7) is 2.36. The molecule has 0 aliphatic rings. The van der Waals surface area contributed by atoms with Crippen molar-refractivity contribution in [3.63, 3.8) is 0 Å². The molecule has 0 saturated carbocycles. The van der Waals surface area contributed by atoms with E-state index in [-0.39, 0.29) is 0 Å². The van der Waals surface area contributed by atoms with Gasteiger partial charge in [-0.15, -0.1) is 0 Å². The van der Waals surface area contributed by atoms with Crippen LogP contribution in [0.15, 0.2) is 29.0 Å². The van der Waals surface area contributed by atoms with E-state index in [2.05, 4.69) is 20.9 Å². The number of hydrogen-bond donors (Lipinski definition) is 0. The van der Waals surface area contributed by atoms with Crippen LogP contribution in [0, 0.1) is 0 Å². The molecule has 0 amide bonds. The van der Waals surface area contributed by atoms with Crippen LogP contribution in [0.3, 0.4) is 0 Å². The van der Waals surface area contributed by atoms with Crippen LogP contribution in [-0.2, 0) is 10.0 Å². The molecule has 6 nitrogen and oxygen atoms in total. The summed E-state index contributed by atoms with van der Waals surface area (Å²) in [6.07, 6.45) is 3.97. The van der Waals surface area contributed by atoms with E-state index in [1.807, 2.05) is 6.92 Å². The second kappa shape index (κ2) is 6.07. The summed E-state index contributed by atoms with van der Waals surface area (Å²) >= 11 is 3.41. The summed E-state index contributed by atoms with van der Waals surface area (Å²) in [5.74, 6) is 1.39. The zero-order valence-corrected chi connectivity index (χ0v) is 14.2. The first-order chi connectivity index (χ1) is 9.88. The number of ether oxygens (including phenoxy) is 2. The molecule has 0 N–H and O–H groups in total. The van der Waals surface area contributed by atoms with Gasteiger partial charge in [0.05, 0.1) is 24.4 Å². The predicted molar refractivity (Wildman–Crippen MR) is 83.3 cm³/mol. The third kappa shape index (κ3) is 3.21. The smallest absolute Gasteiger partial charge is 0.237 e. The third-order valence-corrected chi connectivity index (χ3v) is 4.34. The van der Waals surface area contributed by atoms with Gasteiger partial charge in [0.25, 0.3) is 0 Å². The molecule has 0 aliphatic carbocycles. The number of imidazole rings is 1. The molecule has 0 unspecified atom stereocenters. The van der Waals surface area contributed by atoms with E-state index in [0.29, 0.717) is 34.0 Å². The fourth-order valence-electron chi connectivity index (χ4n) is 1.89. The summed E-state index contributed by atoms with van der Waals surface area (Å²) in [6, 6.07) is 3.44. The molecule has 0 atom stereocenters. The maximum Gasteiger partial charge on any atom is 0.237 e. The first kappa shape index (κ1) is 15.8. The topological polar surface area (TPSA) is 70.4 Å². The first-order valence-corrected chi connectivity index (χ1v) is 8.77. The van der Waals surface area contributed by atoms with E-state index in [1.54, 1.807) is 12.1 Å². The highest BCUT2D eigenvalue weighted by Gasteiger charge is 2.18. The van der Waals surface area contributed by atoms with Crippen LogP contribution < -0.4 is 9.47 Å². The molecule has 1 heterocycles. The zero-order chi connectivity index (χ0) is 15.6. The maximum atomic E-state index is 11.8. The van der Waals surface area contributed by atoms with Crippen LogP contribution in [-0.4, -0.2) is 37.3 Å². The van der Waals surface area contributed by atoms with Gasteiger partial charge < -0.3 is 9.47 Å². The second-order valence-electron chi connectivity index (χ2n) is 4.23. The number of rotatable bonds is 5. The minimum atomic E-state index is -3.42. The van der Waals surface area contributed by atoms with Crippen molar-refractivity contribution in [2.75, 3.05) is 20.0 Å². The van der Waals surface area contributed by atoms with Gasteiger partial charge in [-0.25, -0.2) is 17.4 Å². The lowest BCUT2D eigenvalue weighted by atomic mass is 10.2. The van der Waals surface area contributed by atoms with E-state index < -0.39 is 10.0 Å². The summed E-state index contributed by atoms with van der Waals surface area (Å²) in [4.78, 5) is 4.11. The number of aromatic nitrogens is 2. The standard InChI is InChI=1S/C13H15BrN2O4S/c1-4-20-12-10(14)7-9(8-11(12)19-2)13-15-5-6-16(13)21(3,17)18/h5-8H,4H2,1-3H3. The zero-order valence-electron chi connectivity index (χ0n) is 11.8. The summed E-state index contributed by atoms with van der Waals surface area (Å²) in [7, 11) is -1.90. The summed E-state index contributed by atoms with van der Waals surface area (Å²) in [5.41, 5.74) is 0.609. The molecule has 1 aromatic carbocycles. The van der Waals surface area contributed by atoms with E-state index in [9.17, 15) is 8.42 Å². The molecular formula is C13H15BrN2O4S. The van der Waals surface area contributed by atoms with Gasteiger partial charge in [-0.2, -0.15) is 0 Å². The highest BCUT2D eigenvalue weighted by atomic mass is 79.9. The van der Waals surface area contributed by atoms with E-state index in [0.717, 1.165) is 10.2 Å². The molecule has 21 heavy (non-hydrogen) atoms. The van der Waals surface area contributed by atoms with Gasteiger partial charge in [0.2, 0.25) is 10.0 Å². The Bertz CT molecular complexity index is 756. The van der Waals surface area contributed by atoms with Crippen molar-refractivity contribution in [2.45, 2.75) is 6.92 Å². The normalized spacial score (nSPS) is 11.4. The van der Waals surface area contributed by atoms with Crippen LogP contribution in [0.2, 0.25) is 0 Å². The summed E-state index contributed by atoms with van der Waals surface area (Å²) < 4.78 is 36.1. The number of nitrogens with zero attached hydrogens (tertiary/aromatic N) is 2. The van der Waals surface area contributed by atoms with Crippen molar-refractivity contribution in [3.05, 3.63) is 29.0 Å².